The molecule has 2 aromatic rings. The minimum absolute atomic E-state index is 0.161. The van der Waals surface area contributed by atoms with E-state index < -0.39 is 5.97 Å². The maximum Gasteiger partial charge on any atom is 0.340 e. The van der Waals surface area contributed by atoms with Gasteiger partial charge in [0.05, 0.1) is 7.11 Å². The summed E-state index contributed by atoms with van der Waals surface area (Å²) in [6, 6.07) is 18.2. The quantitative estimate of drug-likeness (QED) is 0.517. The highest BCUT2D eigenvalue weighted by Crippen LogP contribution is 2.27. The first-order valence-corrected chi connectivity index (χ1v) is 5.86. The van der Waals surface area contributed by atoms with Gasteiger partial charge in [-0.1, -0.05) is 60.7 Å². The molecule has 0 spiro atoms. The lowest BCUT2D eigenvalue weighted by Crippen LogP contribution is -2.05. The second-order valence-electron chi connectivity index (χ2n) is 3.95. The zero-order valence-corrected chi connectivity index (χ0v) is 10.5. The molecule has 0 radical (unpaired) electrons. The normalized spacial score (nSPS) is 11.6. The number of benzene rings is 2. The van der Waals surface area contributed by atoms with Crippen LogP contribution in [0.25, 0.3) is 11.3 Å². The van der Waals surface area contributed by atoms with Crippen LogP contribution in [0, 0.1) is 0 Å². The molecule has 0 aliphatic carbocycles. The number of hydrogen-bond donors (Lipinski definition) is 1. The number of ether oxygens (including phenoxy) is 1. The lowest BCUT2D eigenvalue weighted by atomic mass is 10.0. The van der Waals surface area contributed by atoms with Crippen LogP contribution in [0.15, 0.2) is 60.7 Å². The van der Waals surface area contributed by atoms with E-state index in [1.165, 1.54) is 7.11 Å². The van der Waals surface area contributed by atoms with Crippen molar-refractivity contribution >= 4 is 17.3 Å². The molecule has 0 atom stereocenters. The van der Waals surface area contributed by atoms with Gasteiger partial charge in [0, 0.05) is 5.56 Å². The number of carboxylic acid groups (broad SMARTS) is 1. The van der Waals surface area contributed by atoms with Gasteiger partial charge in [0.15, 0.2) is 0 Å². The van der Waals surface area contributed by atoms with Crippen molar-refractivity contribution in [2.75, 3.05) is 7.11 Å². The maximum absolute atomic E-state index is 11.5. The van der Waals surface area contributed by atoms with Gasteiger partial charge in [-0.25, -0.2) is 4.79 Å². The van der Waals surface area contributed by atoms with Gasteiger partial charge in [0.2, 0.25) is 0 Å². The summed E-state index contributed by atoms with van der Waals surface area (Å²) in [5.74, 6) is -0.647. The summed E-state index contributed by atoms with van der Waals surface area (Å²) in [5, 5.41) is 9.45. The highest BCUT2D eigenvalue weighted by molar-refractivity contribution is 6.22. The summed E-state index contributed by atoms with van der Waals surface area (Å²) in [6.45, 7) is 0. The van der Waals surface area contributed by atoms with E-state index in [9.17, 15) is 9.90 Å². The Hall–Kier alpha value is -2.55. The smallest absolute Gasteiger partial charge is 0.340 e. The lowest BCUT2D eigenvalue weighted by molar-refractivity contribution is -0.130. The summed E-state index contributed by atoms with van der Waals surface area (Å²) >= 11 is 0. The fourth-order valence-electron chi connectivity index (χ4n) is 1.91. The average Bonchev–Trinajstić information content (AvgIpc) is 2.46. The molecule has 3 nitrogen and oxygen atoms in total. The first kappa shape index (κ1) is 12.9. The number of carbonyl (C=O) groups is 1. The Balaban J connectivity index is 2.64. The highest BCUT2D eigenvalue weighted by atomic mass is 16.5. The molecule has 0 bridgehead atoms. The molecule has 0 saturated heterocycles. The van der Waals surface area contributed by atoms with Gasteiger partial charge in [-0.15, -0.1) is 0 Å². The summed E-state index contributed by atoms with van der Waals surface area (Å²) in [4.78, 5) is 11.5. The van der Waals surface area contributed by atoms with Gasteiger partial charge in [0.25, 0.3) is 0 Å². The molecule has 0 aliphatic heterocycles. The first-order chi connectivity index (χ1) is 9.24. The molecule has 3 heteroatoms. The SMILES string of the molecule is COC(=C(C(=O)O)c1ccccc1)c1ccccc1. The van der Waals surface area contributed by atoms with Crippen LogP contribution in [0.3, 0.4) is 0 Å². The minimum atomic E-state index is -1.01. The van der Waals surface area contributed by atoms with Crippen molar-refractivity contribution in [3.05, 3.63) is 71.8 Å². The molecular formula is C16H14O3. The third kappa shape index (κ3) is 2.83. The molecule has 2 rings (SSSR count). The van der Waals surface area contributed by atoms with Crippen molar-refractivity contribution in [1.82, 2.24) is 0 Å². The number of rotatable bonds is 4. The minimum Gasteiger partial charge on any atom is -0.495 e. The van der Waals surface area contributed by atoms with Gasteiger partial charge in [0.1, 0.15) is 11.3 Å². The van der Waals surface area contributed by atoms with Gasteiger partial charge >= 0.3 is 5.97 Å². The second kappa shape index (κ2) is 5.87. The molecule has 0 fully saturated rings. The Morgan fingerprint density at radius 1 is 0.895 bits per heavy atom. The van der Waals surface area contributed by atoms with Gasteiger partial charge in [-0.05, 0) is 5.56 Å². The van der Waals surface area contributed by atoms with E-state index in [1.807, 2.05) is 36.4 Å². The number of aliphatic carboxylic acids is 1. The molecule has 19 heavy (non-hydrogen) atoms. The van der Waals surface area contributed by atoms with Crippen LogP contribution in [0.1, 0.15) is 11.1 Å². The van der Waals surface area contributed by atoms with E-state index in [0.717, 1.165) is 5.56 Å². The van der Waals surface area contributed by atoms with Gasteiger partial charge in [-0.3, -0.25) is 0 Å². The summed E-state index contributed by atoms with van der Waals surface area (Å²) < 4.78 is 5.31. The second-order valence-corrected chi connectivity index (χ2v) is 3.95. The summed E-state index contributed by atoms with van der Waals surface area (Å²) in [7, 11) is 1.48. The van der Waals surface area contributed by atoms with Crippen molar-refractivity contribution in [2.45, 2.75) is 0 Å². The van der Waals surface area contributed by atoms with Crippen LogP contribution in [-0.2, 0) is 9.53 Å². The maximum atomic E-state index is 11.5. The van der Waals surface area contributed by atoms with Crippen molar-refractivity contribution in [3.63, 3.8) is 0 Å². The first-order valence-electron chi connectivity index (χ1n) is 5.86. The summed E-state index contributed by atoms with van der Waals surface area (Å²) in [5.41, 5.74) is 1.52. The van der Waals surface area contributed by atoms with Crippen LogP contribution < -0.4 is 0 Å². The molecule has 96 valence electrons. The Morgan fingerprint density at radius 2 is 1.37 bits per heavy atom. The molecule has 0 amide bonds. The average molecular weight is 254 g/mol. The van der Waals surface area contributed by atoms with Crippen molar-refractivity contribution in [1.29, 1.82) is 0 Å². The van der Waals surface area contributed by atoms with E-state index in [-0.39, 0.29) is 5.57 Å². The van der Waals surface area contributed by atoms with Crippen LogP contribution in [0.4, 0.5) is 0 Å². The molecule has 0 saturated carbocycles. The van der Waals surface area contributed by atoms with Crippen LogP contribution >= 0.6 is 0 Å². The van der Waals surface area contributed by atoms with Crippen molar-refractivity contribution in [2.24, 2.45) is 0 Å². The predicted molar refractivity (Wildman–Crippen MR) is 74.3 cm³/mol. The number of carboxylic acids is 1. The molecule has 0 unspecified atom stereocenters. The van der Waals surface area contributed by atoms with Crippen LogP contribution in [-0.4, -0.2) is 18.2 Å². The molecular weight excluding hydrogens is 240 g/mol. The zero-order valence-electron chi connectivity index (χ0n) is 10.5. The summed E-state index contributed by atoms with van der Waals surface area (Å²) in [6.07, 6.45) is 0. The van der Waals surface area contributed by atoms with E-state index in [4.69, 9.17) is 4.74 Å². The fourth-order valence-corrected chi connectivity index (χ4v) is 1.91. The predicted octanol–water partition coefficient (Wildman–Crippen LogP) is 3.29. The topological polar surface area (TPSA) is 46.5 Å². The van der Waals surface area contributed by atoms with Crippen molar-refractivity contribution < 1.29 is 14.6 Å². The number of hydrogen-bond acceptors (Lipinski definition) is 2. The Bertz CT molecular complexity index is 586. The lowest BCUT2D eigenvalue weighted by Gasteiger charge is -2.11. The molecule has 0 aromatic heterocycles. The standard InChI is InChI=1S/C16H14O3/c1-19-15(13-10-6-3-7-11-13)14(16(17)18)12-8-4-2-5-9-12/h2-11H,1H3,(H,17,18). The zero-order chi connectivity index (χ0) is 13.7. The van der Waals surface area contributed by atoms with E-state index in [2.05, 4.69) is 0 Å². The third-order valence-corrected chi connectivity index (χ3v) is 2.74. The van der Waals surface area contributed by atoms with E-state index in [1.54, 1.807) is 24.3 Å². The Morgan fingerprint density at radius 3 is 1.79 bits per heavy atom. The molecule has 0 heterocycles. The largest absolute Gasteiger partial charge is 0.495 e. The van der Waals surface area contributed by atoms with E-state index in [0.29, 0.717) is 11.3 Å². The van der Waals surface area contributed by atoms with Crippen LogP contribution in [0.5, 0.6) is 0 Å². The van der Waals surface area contributed by atoms with E-state index >= 15 is 0 Å². The van der Waals surface area contributed by atoms with Gasteiger partial charge in [-0.2, -0.15) is 0 Å². The Kier molecular flexibility index (Phi) is 3.98. The molecule has 0 aliphatic rings. The van der Waals surface area contributed by atoms with Crippen molar-refractivity contribution in [3.8, 4) is 0 Å². The fraction of sp³-hybridized carbons (Fsp3) is 0.0625. The van der Waals surface area contributed by atoms with Gasteiger partial charge < -0.3 is 9.84 Å². The highest BCUT2D eigenvalue weighted by Gasteiger charge is 2.18. The molecule has 1 N–H and O–H groups in total. The molecule has 2 aromatic carbocycles. The Labute approximate surface area is 111 Å². The monoisotopic (exact) mass is 254 g/mol. The third-order valence-electron chi connectivity index (χ3n) is 2.74. The van der Waals surface area contributed by atoms with Crippen LogP contribution in [0.2, 0.25) is 0 Å². The number of methoxy groups -OCH3 is 1.